The Kier molecular flexibility index (Phi) is 5.15. The topological polar surface area (TPSA) is 51.8 Å². The monoisotopic (exact) mass is 289 g/mol. The minimum atomic E-state index is 0. The van der Waals surface area contributed by atoms with E-state index >= 15 is 0 Å². The molecule has 0 radical (unpaired) electrons. The molecule has 3 nitrogen and oxygen atoms in total. The number of halogens is 3. The van der Waals surface area contributed by atoms with E-state index in [1.165, 1.54) is 6.33 Å². The molecular formula is C11H10Cl3N3. The molecular weight excluding hydrogens is 281 g/mol. The highest BCUT2D eigenvalue weighted by Crippen LogP contribution is 2.28. The summed E-state index contributed by atoms with van der Waals surface area (Å²) in [5.41, 5.74) is 7.86. The molecule has 1 aromatic heterocycles. The number of rotatable bonds is 2. The molecule has 1 aromatic carbocycles. The lowest BCUT2D eigenvalue weighted by Gasteiger charge is -2.05. The third kappa shape index (κ3) is 3.30. The van der Waals surface area contributed by atoms with Crippen LogP contribution in [0.2, 0.25) is 10.0 Å². The second kappa shape index (κ2) is 6.17. The second-order valence-electron chi connectivity index (χ2n) is 3.22. The summed E-state index contributed by atoms with van der Waals surface area (Å²) in [6, 6.07) is 7.10. The summed E-state index contributed by atoms with van der Waals surface area (Å²) in [5, 5.41) is 1.16. The first-order valence-corrected chi connectivity index (χ1v) is 5.42. The van der Waals surface area contributed by atoms with E-state index in [0.29, 0.717) is 16.6 Å². The van der Waals surface area contributed by atoms with Crippen LogP contribution in [0.25, 0.3) is 11.3 Å². The van der Waals surface area contributed by atoms with Crippen LogP contribution in [-0.2, 0) is 6.54 Å². The van der Waals surface area contributed by atoms with E-state index in [1.807, 2.05) is 12.1 Å². The van der Waals surface area contributed by atoms with Gasteiger partial charge in [-0.15, -0.1) is 12.4 Å². The fraction of sp³-hybridized carbons (Fsp3) is 0.0909. The van der Waals surface area contributed by atoms with Crippen LogP contribution >= 0.6 is 35.6 Å². The quantitative estimate of drug-likeness (QED) is 0.923. The van der Waals surface area contributed by atoms with Crippen molar-refractivity contribution in [3.8, 4) is 11.3 Å². The summed E-state index contributed by atoms with van der Waals surface area (Å²) in [4.78, 5) is 8.18. The molecule has 90 valence electrons. The van der Waals surface area contributed by atoms with E-state index in [0.717, 1.165) is 17.0 Å². The van der Waals surface area contributed by atoms with Gasteiger partial charge in [-0.2, -0.15) is 0 Å². The van der Waals surface area contributed by atoms with Crippen LogP contribution in [-0.4, -0.2) is 9.97 Å². The Balaban J connectivity index is 0.00000144. The van der Waals surface area contributed by atoms with E-state index in [2.05, 4.69) is 9.97 Å². The van der Waals surface area contributed by atoms with E-state index in [-0.39, 0.29) is 12.4 Å². The molecule has 0 saturated heterocycles. The molecule has 1 heterocycles. The summed E-state index contributed by atoms with van der Waals surface area (Å²) in [5.74, 6) is 0. The van der Waals surface area contributed by atoms with Crippen LogP contribution in [0, 0.1) is 0 Å². The minimum Gasteiger partial charge on any atom is -0.325 e. The molecule has 6 heteroatoms. The number of nitrogens with two attached hydrogens (primary N) is 1. The molecule has 2 aromatic rings. The maximum Gasteiger partial charge on any atom is 0.116 e. The lowest BCUT2D eigenvalue weighted by atomic mass is 10.1. The second-order valence-corrected chi connectivity index (χ2v) is 4.07. The van der Waals surface area contributed by atoms with Crippen molar-refractivity contribution in [1.29, 1.82) is 0 Å². The zero-order valence-electron chi connectivity index (χ0n) is 8.73. The summed E-state index contributed by atoms with van der Waals surface area (Å²) >= 11 is 11.9. The third-order valence-electron chi connectivity index (χ3n) is 2.14. The Labute approximate surface area is 115 Å². The molecule has 0 aliphatic heterocycles. The van der Waals surface area contributed by atoms with Gasteiger partial charge in [0.15, 0.2) is 0 Å². The first kappa shape index (κ1) is 14.2. The predicted molar refractivity (Wildman–Crippen MR) is 72.6 cm³/mol. The van der Waals surface area contributed by atoms with E-state index in [9.17, 15) is 0 Å². The van der Waals surface area contributed by atoms with Crippen molar-refractivity contribution in [2.24, 2.45) is 5.73 Å². The molecule has 0 bridgehead atoms. The van der Waals surface area contributed by atoms with Gasteiger partial charge >= 0.3 is 0 Å². The van der Waals surface area contributed by atoms with Gasteiger partial charge in [0, 0.05) is 17.1 Å². The van der Waals surface area contributed by atoms with Gasteiger partial charge in [-0.05, 0) is 24.3 Å². The Bertz CT molecular complexity index is 517. The van der Waals surface area contributed by atoms with Crippen LogP contribution < -0.4 is 5.73 Å². The molecule has 0 saturated carbocycles. The molecule has 0 spiro atoms. The van der Waals surface area contributed by atoms with Crippen LogP contribution in [0.3, 0.4) is 0 Å². The highest BCUT2D eigenvalue weighted by molar-refractivity contribution is 6.36. The Morgan fingerprint density at radius 1 is 1.12 bits per heavy atom. The molecule has 0 aliphatic carbocycles. The Morgan fingerprint density at radius 3 is 2.53 bits per heavy atom. The number of aromatic nitrogens is 2. The normalized spacial score (nSPS) is 9.82. The molecule has 17 heavy (non-hydrogen) atoms. The van der Waals surface area contributed by atoms with Gasteiger partial charge in [0.2, 0.25) is 0 Å². The number of nitrogens with zero attached hydrogens (tertiary/aromatic N) is 2. The van der Waals surface area contributed by atoms with Crippen molar-refractivity contribution in [3.63, 3.8) is 0 Å². The van der Waals surface area contributed by atoms with Crippen molar-refractivity contribution in [2.45, 2.75) is 6.54 Å². The maximum atomic E-state index is 6.08. The van der Waals surface area contributed by atoms with Crippen molar-refractivity contribution in [3.05, 3.63) is 46.3 Å². The van der Waals surface area contributed by atoms with Crippen molar-refractivity contribution in [2.75, 3.05) is 0 Å². The molecule has 2 N–H and O–H groups in total. The largest absolute Gasteiger partial charge is 0.325 e. The smallest absolute Gasteiger partial charge is 0.116 e. The van der Waals surface area contributed by atoms with Gasteiger partial charge < -0.3 is 5.73 Å². The van der Waals surface area contributed by atoms with Crippen molar-refractivity contribution >= 4 is 35.6 Å². The van der Waals surface area contributed by atoms with E-state index < -0.39 is 0 Å². The average Bonchev–Trinajstić information content (AvgIpc) is 2.29. The summed E-state index contributed by atoms with van der Waals surface area (Å²) in [6.07, 6.45) is 1.47. The van der Waals surface area contributed by atoms with Gasteiger partial charge in [-0.25, -0.2) is 9.97 Å². The van der Waals surface area contributed by atoms with Gasteiger partial charge in [0.1, 0.15) is 6.33 Å². The fourth-order valence-corrected chi connectivity index (χ4v) is 1.86. The average molecular weight is 291 g/mol. The number of benzene rings is 1. The highest BCUT2D eigenvalue weighted by atomic mass is 35.5. The van der Waals surface area contributed by atoms with E-state index in [4.69, 9.17) is 28.9 Å². The lowest BCUT2D eigenvalue weighted by molar-refractivity contribution is 0.966. The zero-order chi connectivity index (χ0) is 11.5. The predicted octanol–water partition coefficient (Wildman–Crippen LogP) is 3.33. The van der Waals surface area contributed by atoms with Crippen LogP contribution in [0.15, 0.2) is 30.6 Å². The third-order valence-corrected chi connectivity index (χ3v) is 2.69. The first-order chi connectivity index (χ1) is 7.70. The Hall–Kier alpha value is -0.870. The molecule has 0 atom stereocenters. The van der Waals surface area contributed by atoms with Gasteiger partial charge in [-0.3, -0.25) is 0 Å². The number of hydrogen-bond donors (Lipinski definition) is 1. The Morgan fingerprint density at radius 2 is 1.88 bits per heavy atom. The summed E-state index contributed by atoms with van der Waals surface area (Å²) in [7, 11) is 0. The van der Waals surface area contributed by atoms with Crippen LogP contribution in [0.1, 0.15) is 5.69 Å². The van der Waals surface area contributed by atoms with Crippen LogP contribution in [0.5, 0.6) is 0 Å². The van der Waals surface area contributed by atoms with Gasteiger partial charge in [-0.1, -0.05) is 23.2 Å². The molecule has 0 fully saturated rings. The highest BCUT2D eigenvalue weighted by Gasteiger charge is 2.06. The lowest BCUT2D eigenvalue weighted by Crippen LogP contribution is -2.00. The molecule has 0 unspecified atom stereocenters. The van der Waals surface area contributed by atoms with Crippen molar-refractivity contribution < 1.29 is 0 Å². The summed E-state index contributed by atoms with van der Waals surface area (Å²) in [6.45, 7) is 0.376. The standard InChI is InChI=1S/C11H9Cl2N3.ClH/c12-7-1-2-9(10(13)3-7)11-4-8(5-14)15-6-16-11;/h1-4,6H,5,14H2;1H. The number of hydrogen-bond acceptors (Lipinski definition) is 3. The van der Waals surface area contributed by atoms with Gasteiger partial charge in [0.05, 0.1) is 16.4 Å². The van der Waals surface area contributed by atoms with Crippen LogP contribution in [0.4, 0.5) is 0 Å². The summed E-state index contributed by atoms with van der Waals surface area (Å²) < 4.78 is 0. The first-order valence-electron chi connectivity index (χ1n) is 4.67. The zero-order valence-corrected chi connectivity index (χ0v) is 11.1. The fourth-order valence-electron chi connectivity index (χ4n) is 1.35. The van der Waals surface area contributed by atoms with Gasteiger partial charge in [0.25, 0.3) is 0 Å². The molecule has 0 amide bonds. The maximum absolute atomic E-state index is 6.08. The molecule has 0 aliphatic rings. The minimum absolute atomic E-state index is 0. The van der Waals surface area contributed by atoms with Crippen molar-refractivity contribution in [1.82, 2.24) is 9.97 Å². The van der Waals surface area contributed by atoms with E-state index in [1.54, 1.807) is 12.1 Å². The SMILES string of the molecule is Cl.NCc1cc(-c2ccc(Cl)cc2Cl)ncn1. The molecule has 2 rings (SSSR count).